The Morgan fingerprint density at radius 1 is 1.12 bits per heavy atom. The Balaban J connectivity index is 1.69. The van der Waals surface area contributed by atoms with E-state index in [1.165, 1.54) is 19.3 Å². The molecule has 0 N–H and O–H groups in total. The molecule has 0 radical (unpaired) electrons. The van der Waals surface area contributed by atoms with E-state index in [1.807, 2.05) is 0 Å². The minimum absolute atomic E-state index is 0.308. The zero-order chi connectivity index (χ0) is 16.9. The molecule has 3 saturated carbocycles. The van der Waals surface area contributed by atoms with Crippen molar-refractivity contribution in [2.75, 3.05) is 0 Å². The third kappa shape index (κ3) is 1.99. The average molecular weight is 328 g/mol. The van der Waals surface area contributed by atoms with E-state index in [0.717, 1.165) is 44.8 Å². The van der Waals surface area contributed by atoms with E-state index in [0.29, 0.717) is 29.5 Å². The summed E-state index contributed by atoms with van der Waals surface area (Å²) in [5.41, 5.74) is 1.42. The molecule has 0 saturated heterocycles. The van der Waals surface area contributed by atoms with Gasteiger partial charge in [-0.3, -0.25) is 9.59 Å². The molecule has 3 fully saturated rings. The fourth-order valence-corrected chi connectivity index (χ4v) is 7.20. The van der Waals surface area contributed by atoms with Crippen molar-refractivity contribution in [2.24, 2.45) is 34.5 Å². The van der Waals surface area contributed by atoms with Crippen LogP contribution >= 0.6 is 0 Å². The van der Waals surface area contributed by atoms with E-state index in [2.05, 4.69) is 13.0 Å². The van der Waals surface area contributed by atoms with Gasteiger partial charge in [0.2, 0.25) is 0 Å². The van der Waals surface area contributed by atoms with Crippen molar-refractivity contribution >= 4 is 18.4 Å². The van der Waals surface area contributed by atoms with Crippen LogP contribution in [0.4, 0.5) is 0 Å². The number of aldehydes is 2. The van der Waals surface area contributed by atoms with Gasteiger partial charge in [-0.15, -0.1) is 0 Å². The van der Waals surface area contributed by atoms with Crippen LogP contribution < -0.4 is 0 Å². The van der Waals surface area contributed by atoms with Gasteiger partial charge in [0, 0.05) is 11.3 Å². The van der Waals surface area contributed by atoms with Gasteiger partial charge in [-0.05, 0) is 81.0 Å². The highest BCUT2D eigenvalue weighted by Gasteiger charge is 2.61. The third-order valence-corrected chi connectivity index (χ3v) is 8.30. The van der Waals surface area contributed by atoms with Crippen LogP contribution in [0.25, 0.3) is 0 Å². The van der Waals surface area contributed by atoms with Crippen LogP contribution in [0.1, 0.15) is 64.7 Å². The average Bonchev–Trinajstić information content (AvgIpc) is 3.00. The molecule has 0 aliphatic heterocycles. The molecule has 3 heteroatoms. The monoisotopic (exact) mass is 328 g/mol. The lowest BCUT2D eigenvalue weighted by molar-refractivity contribution is -0.143. The highest BCUT2D eigenvalue weighted by molar-refractivity contribution is 6.26. The number of hydrogen-bond acceptors (Lipinski definition) is 3. The summed E-state index contributed by atoms with van der Waals surface area (Å²) < 4.78 is 0. The van der Waals surface area contributed by atoms with E-state index in [9.17, 15) is 14.4 Å². The summed E-state index contributed by atoms with van der Waals surface area (Å²) in [6, 6.07) is 0. The molecular formula is C21H28O3. The quantitative estimate of drug-likeness (QED) is 0.448. The number of rotatable bonds is 3. The second-order valence-corrected chi connectivity index (χ2v) is 8.87. The Labute approximate surface area is 144 Å². The first-order valence-corrected chi connectivity index (χ1v) is 9.71. The molecule has 0 unspecified atom stereocenters. The van der Waals surface area contributed by atoms with Crippen LogP contribution in [0.2, 0.25) is 0 Å². The van der Waals surface area contributed by atoms with Gasteiger partial charge in [0.1, 0.15) is 6.29 Å². The van der Waals surface area contributed by atoms with Crippen molar-refractivity contribution in [2.45, 2.75) is 64.7 Å². The maximum Gasteiger partial charge on any atom is 0.199 e. The van der Waals surface area contributed by atoms with Crippen molar-refractivity contribution in [1.82, 2.24) is 0 Å². The topological polar surface area (TPSA) is 51.2 Å². The molecule has 6 atom stereocenters. The van der Waals surface area contributed by atoms with Crippen LogP contribution in [0, 0.1) is 34.5 Å². The third-order valence-electron chi connectivity index (χ3n) is 8.30. The molecule has 130 valence electrons. The predicted octanol–water partition coefficient (Wildman–Crippen LogP) is 3.90. The van der Waals surface area contributed by atoms with E-state index in [1.54, 1.807) is 5.57 Å². The molecule has 4 rings (SSSR count). The number of carbonyl (C=O) groups excluding carboxylic acids is 3. The molecule has 4 aliphatic carbocycles. The zero-order valence-corrected chi connectivity index (χ0v) is 14.6. The number of allylic oxidation sites excluding steroid dienone is 2. The minimum Gasteiger partial charge on any atom is -0.303 e. The van der Waals surface area contributed by atoms with Crippen molar-refractivity contribution in [3.05, 3.63) is 11.6 Å². The van der Waals surface area contributed by atoms with E-state index in [4.69, 9.17) is 0 Å². The van der Waals surface area contributed by atoms with Gasteiger partial charge in [-0.1, -0.05) is 18.6 Å². The van der Waals surface area contributed by atoms with Crippen LogP contribution in [-0.2, 0) is 14.4 Å². The molecule has 0 spiro atoms. The molecule has 0 aromatic heterocycles. The SMILES string of the molecule is C[C@]12CCCC=C1CC[C@H]1[C@@H]3CC[C@H](C(=O)C=O)[C@@]3(C=O)CC[C@@H]12. The minimum atomic E-state index is -0.550. The van der Waals surface area contributed by atoms with E-state index in [-0.39, 0.29) is 11.7 Å². The Morgan fingerprint density at radius 3 is 2.71 bits per heavy atom. The first kappa shape index (κ1) is 16.2. The lowest BCUT2D eigenvalue weighted by Crippen LogP contribution is -2.52. The number of hydrogen-bond donors (Lipinski definition) is 0. The van der Waals surface area contributed by atoms with E-state index >= 15 is 0 Å². The van der Waals surface area contributed by atoms with Crippen LogP contribution in [-0.4, -0.2) is 18.4 Å². The standard InChI is InChI=1S/C21H28O3/c1-20-10-3-2-4-14(20)5-6-15-16(20)9-11-21(13-23)17(15)7-8-18(21)19(24)12-22/h4,12-13,15-18H,2-3,5-11H2,1H3/t15-,16+,17+,18-,20+,21-/m1/s1. The number of ketones is 1. The fourth-order valence-electron chi connectivity index (χ4n) is 7.20. The second-order valence-electron chi connectivity index (χ2n) is 8.87. The van der Waals surface area contributed by atoms with Gasteiger partial charge < -0.3 is 4.79 Å². The van der Waals surface area contributed by atoms with Crippen LogP contribution in [0.3, 0.4) is 0 Å². The van der Waals surface area contributed by atoms with Gasteiger partial charge in [0.15, 0.2) is 12.1 Å². The highest BCUT2D eigenvalue weighted by Crippen LogP contribution is 2.66. The van der Waals surface area contributed by atoms with Crippen molar-refractivity contribution in [3.8, 4) is 0 Å². The van der Waals surface area contributed by atoms with Crippen LogP contribution in [0.5, 0.6) is 0 Å². The van der Waals surface area contributed by atoms with Gasteiger partial charge in [0.25, 0.3) is 0 Å². The first-order chi connectivity index (χ1) is 11.6. The summed E-state index contributed by atoms with van der Waals surface area (Å²) in [7, 11) is 0. The molecular weight excluding hydrogens is 300 g/mol. The van der Waals surface area contributed by atoms with Crippen molar-refractivity contribution in [3.63, 3.8) is 0 Å². The Kier molecular flexibility index (Phi) is 3.81. The van der Waals surface area contributed by atoms with Crippen LogP contribution in [0.15, 0.2) is 11.6 Å². The van der Waals surface area contributed by atoms with Gasteiger partial charge >= 0.3 is 0 Å². The van der Waals surface area contributed by atoms with E-state index < -0.39 is 5.41 Å². The van der Waals surface area contributed by atoms with Gasteiger partial charge in [-0.2, -0.15) is 0 Å². The molecule has 0 aromatic carbocycles. The zero-order valence-electron chi connectivity index (χ0n) is 14.6. The maximum absolute atomic E-state index is 12.2. The summed E-state index contributed by atoms with van der Waals surface area (Å²) in [5, 5.41) is 0. The molecule has 0 heterocycles. The molecule has 4 aliphatic rings. The Hall–Kier alpha value is -1.25. The molecule has 0 amide bonds. The van der Waals surface area contributed by atoms with Crippen molar-refractivity contribution in [1.29, 1.82) is 0 Å². The molecule has 0 bridgehead atoms. The Morgan fingerprint density at radius 2 is 1.96 bits per heavy atom. The number of Topliss-reactive ketones (excluding diaryl/α,β-unsaturated/α-hetero) is 1. The molecule has 0 aromatic rings. The number of fused-ring (bicyclic) bond motifs is 5. The molecule has 3 nitrogen and oxygen atoms in total. The van der Waals surface area contributed by atoms with Crippen molar-refractivity contribution < 1.29 is 14.4 Å². The lowest BCUT2D eigenvalue weighted by Gasteiger charge is -2.57. The fraction of sp³-hybridized carbons (Fsp3) is 0.762. The van der Waals surface area contributed by atoms with Gasteiger partial charge in [0.05, 0.1) is 0 Å². The molecule has 24 heavy (non-hydrogen) atoms. The normalized spacial score (nSPS) is 47.0. The summed E-state index contributed by atoms with van der Waals surface area (Å²) in [5.74, 6) is 0.815. The second kappa shape index (κ2) is 5.64. The number of carbonyl (C=O) groups is 3. The first-order valence-electron chi connectivity index (χ1n) is 9.71. The highest BCUT2D eigenvalue weighted by atomic mass is 16.2. The summed E-state index contributed by atoms with van der Waals surface area (Å²) in [6.45, 7) is 2.45. The van der Waals surface area contributed by atoms with Gasteiger partial charge in [-0.25, -0.2) is 0 Å². The predicted molar refractivity (Wildman–Crippen MR) is 91.3 cm³/mol. The summed E-state index contributed by atoms with van der Waals surface area (Å²) in [4.78, 5) is 35.4. The lowest BCUT2D eigenvalue weighted by atomic mass is 9.46. The smallest absolute Gasteiger partial charge is 0.199 e. The summed E-state index contributed by atoms with van der Waals surface area (Å²) in [6.07, 6.45) is 13.6. The Bertz CT molecular complexity index is 606. The summed E-state index contributed by atoms with van der Waals surface area (Å²) >= 11 is 0. The maximum atomic E-state index is 12.2. The largest absolute Gasteiger partial charge is 0.303 e.